The van der Waals surface area contributed by atoms with Crippen LogP contribution in [-0.2, 0) is 6.42 Å². The summed E-state index contributed by atoms with van der Waals surface area (Å²) in [6.45, 7) is 9.27. The van der Waals surface area contributed by atoms with E-state index in [0.717, 1.165) is 24.2 Å². The maximum atomic E-state index is 6.20. The van der Waals surface area contributed by atoms with Gasteiger partial charge in [-0.15, -0.1) is 0 Å². The zero-order valence-corrected chi connectivity index (χ0v) is 12.6. The van der Waals surface area contributed by atoms with Crippen LogP contribution < -0.4 is 10.5 Å². The van der Waals surface area contributed by atoms with Gasteiger partial charge in [-0.1, -0.05) is 44.5 Å². The second-order valence-corrected chi connectivity index (χ2v) is 6.48. The minimum absolute atomic E-state index is 0.105. The molecule has 102 valence electrons. The zero-order valence-electron chi connectivity index (χ0n) is 11.8. The van der Waals surface area contributed by atoms with E-state index in [1.807, 2.05) is 25.1 Å². The Balaban J connectivity index is 2.73. The van der Waals surface area contributed by atoms with Crippen molar-refractivity contribution in [1.29, 1.82) is 0 Å². The number of nitrogens with two attached hydrogens (primary N) is 1. The van der Waals surface area contributed by atoms with Gasteiger partial charge in [0, 0.05) is 6.04 Å². The molecule has 1 aromatic rings. The monoisotopic (exact) mass is 269 g/mol. The van der Waals surface area contributed by atoms with E-state index in [1.54, 1.807) is 0 Å². The van der Waals surface area contributed by atoms with Gasteiger partial charge >= 0.3 is 0 Å². The maximum Gasteiger partial charge on any atom is 0.141 e. The molecule has 1 rings (SSSR count). The Bertz CT molecular complexity index is 383. The predicted molar refractivity (Wildman–Crippen MR) is 78.4 cm³/mol. The maximum absolute atomic E-state index is 6.20. The van der Waals surface area contributed by atoms with E-state index in [4.69, 9.17) is 22.1 Å². The Morgan fingerprint density at radius 1 is 1.33 bits per heavy atom. The first-order chi connectivity index (χ1) is 8.29. The molecule has 0 aliphatic rings. The van der Waals surface area contributed by atoms with E-state index >= 15 is 0 Å². The third kappa shape index (κ3) is 5.28. The van der Waals surface area contributed by atoms with Crippen molar-refractivity contribution < 1.29 is 4.74 Å². The zero-order chi connectivity index (χ0) is 13.8. The molecule has 2 N–H and O–H groups in total. The summed E-state index contributed by atoms with van der Waals surface area (Å²) >= 11 is 6.20. The van der Waals surface area contributed by atoms with Crippen molar-refractivity contribution in [3.05, 3.63) is 28.8 Å². The van der Waals surface area contributed by atoms with Gasteiger partial charge in [0.15, 0.2) is 0 Å². The van der Waals surface area contributed by atoms with E-state index in [1.165, 1.54) is 0 Å². The normalized spacial score (nSPS) is 13.4. The Morgan fingerprint density at radius 3 is 2.56 bits per heavy atom. The minimum Gasteiger partial charge on any atom is -0.492 e. The van der Waals surface area contributed by atoms with Crippen LogP contribution in [0.5, 0.6) is 5.75 Å². The molecule has 0 fully saturated rings. The van der Waals surface area contributed by atoms with Crippen LogP contribution in [0.2, 0.25) is 5.02 Å². The van der Waals surface area contributed by atoms with E-state index in [0.29, 0.717) is 11.6 Å². The van der Waals surface area contributed by atoms with Crippen molar-refractivity contribution >= 4 is 11.6 Å². The fourth-order valence-corrected chi connectivity index (χ4v) is 1.93. The highest BCUT2D eigenvalue weighted by Gasteiger charge is 2.13. The lowest BCUT2D eigenvalue weighted by Crippen LogP contribution is -2.19. The number of ether oxygens (including phenoxy) is 1. The molecule has 0 aliphatic heterocycles. The molecule has 1 aromatic carbocycles. The Morgan fingerprint density at radius 2 is 2.00 bits per heavy atom. The summed E-state index contributed by atoms with van der Waals surface area (Å²) in [5.41, 5.74) is 7.20. The van der Waals surface area contributed by atoms with Crippen LogP contribution in [0.4, 0.5) is 0 Å². The van der Waals surface area contributed by atoms with Crippen molar-refractivity contribution in [3.63, 3.8) is 0 Å². The Kier molecular flexibility index (Phi) is 5.48. The van der Waals surface area contributed by atoms with E-state index < -0.39 is 0 Å². The quantitative estimate of drug-likeness (QED) is 0.875. The highest BCUT2D eigenvalue weighted by Crippen LogP contribution is 2.30. The van der Waals surface area contributed by atoms with Gasteiger partial charge in [0.25, 0.3) is 0 Å². The standard InChI is InChI=1S/C15H24ClNO/c1-11(17)10-12-6-5-7-13(16)14(12)18-9-8-15(2,3)4/h5-7,11H,8-10,17H2,1-4H3. The lowest BCUT2D eigenvalue weighted by atomic mass is 9.93. The molecule has 0 amide bonds. The summed E-state index contributed by atoms with van der Waals surface area (Å²) in [6.07, 6.45) is 1.78. The lowest BCUT2D eigenvalue weighted by molar-refractivity contribution is 0.241. The summed E-state index contributed by atoms with van der Waals surface area (Å²) in [5, 5.41) is 0.669. The summed E-state index contributed by atoms with van der Waals surface area (Å²) in [7, 11) is 0. The molecule has 0 saturated heterocycles. The molecular weight excluding hydrogens is 246 g/mol. The second-order valence-electron chi connectivity index (χ2n) is 6.07. The molecular formula is C15H24ClNO. The molecule has 0 heterocycles. The van der Waals surface area contributed by atoms with E-state index in [2.05, 4.69) is 20.8 Å². The molecule has 0 aromatic heterocycles. The number of hydrogen-bond donors (Lipinski definition) is 1. The molecule has 0 spiro atoms. The molecule has 0 radical (unpaired) electrons. The van der Waals surface area contributed by atoms with Crippen LogP contribution in [0.3, 0.4) is 0 Å². The van der Waals surface area contributed by atoms with Gasteiger partial charge in [-0.05, 0) is 36.8 Å². The van der Waals surface area contributed by atoms with Gasteiger partial charge in [0.2, 0.25) is 0 Å². The number of benzene rings is 1. The first kappa shape index (κ1) is 15.3. The van der Waals surface area contributed by atoms with Gasteiger partial charge in [-0.25, -0.2) is 0 Å². The third-order valence-corrected chi connectivity index (χ3v) is 2.99. The summed E-state index contributed by atoms with van der Waals surface area (Å²) in [6, 6.07) is 5.94. The molecule has 0 saturated carbocycles. The second kappa shape index (κ2) is 6.44. The fourth-order valence-electron chi connectivity index (χ4n) is 1.68. The summed E-state index contributed by atoms with van der Waals surface area (Å²) in [5.74, 6) is 0.792. The van der Waals surface area contributed by atoms with Gasteiger partial charge < -0.3 is 10.5 Å². The Labute approximate surface area is 115 Å². The first-order valence-electron chi connectivity index (χ1n) is 6.45. The van der Waals surface area contributed by atoms with Crippen molar-refractivity contribution in [2.75, 3.05) is 6.61 Å². The smallest absolute Gasteiger partial charge is 0.141 e. The lowest BCUT2D eigenvalue weighted by Gasteiger charge is -2.20. The molecule has 18 heavy (non-hydrogen) atoms. The van der Waals surface area contributed by atoms with Crippen molar-refractivity contribution in [2.24, 2.45) is 11.1 Å². The molecule has 1 unspecified atom stereocenters. The van der Waals surface area contributed by atoms with Crippen LogP contribution in [0.15, 0.2) is 18.2 Å². The van der Waals surface area contributed by atoms with Gasteiger partial charge in [0.1, 0.15) is 5.75 Å². The van der Waals surface area contributed by atoms with E-state index in [9.17, 15) is 0 Å². The summed E-state index contributed by atoms with van der Waals surface area (Å²) in [4.78, 5) is 0. The minimum atomic E-state index is 0.105. The highest BCUT2D eigenvalue weighted by molar-refractivity contribution is 6.32. The van der Waals surface area contributed by atoms with Crippen molar-refractivity contribution in [3.8, 4) is 5.75 Å². The SMILES string of the molecule is CC(N)Cc1cccc(Cl)c1OCCC(C)(C)C. The first-order valence-corrected chi connectivity index (χ1v) is 6.83. The average Bonchev–Trinajstić information content (AvgIpc) is 2.19. The number of para-hydroxylation sites is 1. The average molecular weight is 270 g/mol. The topological polar surface area (TPSA) is 35.2 Å². The van der Waals surface area contributed by atoms with Crippen LogP contribution in [0.1, 0.15) is 39.7 Å². The molecule has 0 bridgehead atoms. The van der Waals surface area contributed by atoms with Gasteiger partial charge in [-0.2, -0.15) is 0 Å². The largest absolute Gasteiger partial charge is 0.492 e. The molecule has 1 atom stereocenters. The molecule has 2 nitrogen and oxygen atoms in total. The van der Waals surface area contributed by atoms with Gasteiger partial charge in [-0.3, -0.25) is 0 Å². The Hall–Kier alpha value is -0.730. The number of halogens is 1. The molecule has 0 aliphatic carbocycles. The highest BCUT2D eigenvalue weighted by atomic mass is 35.5. The van der Waals surface area contributed by atoms with Crippen LogP contribution >= 0.6 is 11.6 Å². The fraction of sp³-hybridized carbons (Fsp3) is 0.600. The summed E-state index contributed by atoms with van der Waals surface area (Å²) < 4.78 is 5.86. The van der Waals surface area contributed by atoms with Crippen LogP contribution in [0, 0.1) is 5.41 Å². The van der Waals surface area contributed by atoms with Crippen molar-refractivity contribution in [2.45, 2.75) is 46.6 Å². The molecule has 3 heteroatoms. The number of rotatable bonds is 5. The van der Waals surface area contributed by atoms with Gasteiger partial charge in [0.05, 0.1) is 11.6 Å². The van der Waals surface area contributed by atoms with E-state index in [-0.39, 0.29) is 11.5 Å². The van der Waals surface area contributed by atoms with Crippen LogP contribution in [0.25, 0.3) is 0 Å². The van der Waals surface area contributed by atoms with Crippen LogP contribution in [-0.4, -0.2) is 12.6 Å². The number of hydrogen-bond acceptors (Lipinski definition) is 2. The third-order valence-electron chi connectivity index (χ3n) is 2.69. The van der Waals surface area contributed by atoms with Crippen molar-refractivity contribution in [1.82, 2.24) is 0 Å². The predicted octanol–water partition coefficient (Wildman–Crippen LogP) is 4.04.